The van der Waals surface area contributed by atoms with E-state index in [1.165, 1.54) is 17.1 Å². The van der Waals surface area contributed by atoms with Crippen LogP contribution < -0.4 is 0 Å². The lowest BCUT2D eigenvalue weighted by molar-refractivity contribution is -0.137. The number of nitrogens with zero attached hydrogens (tertiary/aromatic N) is 2. The molecule has 1 heterocycles. The van der Waals surface area contributed by atoms with E-state index in [1.807, 2.05) is 13.8 Å². The molecule has 3 nitrogen and oxygen atoms in total. The van der Waals surface area contributed by atoms with Crippen molar-refractivity contribution in [3.8, 4) is 0 Å². The lowest BCUT2D eigenvalue weighted by Gasteiger charge is -2.13. The summed E-state index contributed by atoms with van der Waals surface area (Å²) in [6, 6.07) is 4.81. The number of hydrogen-bond acceptors (Lipinski definition) is 2. The minimum atomic E-state index is -4.34. The molecule has 0 aromatic heterocycles. The average molecular weight is 298 g/mol. The van der Waals surface area contributed by atoms with Gasteiger partial charge in [0.2, 0.25) is 5.91 Å². The molecule has 1 amide bonds. The Morgan fingerprint density at radius 3 is 2.43 bits per heavy atom. The molecule has 1 aromatic carbocycles. The molecule has 0 saturated carbocycles. The van der Waals surface area contributed by atoms with Crippen LogP contribution in [0.15, 0.2) is 29.4 Å². The lowest BCUT2D eigenvalue weighted by Crippen LogP contribution is -2.20. The van der Waals surface area contributed by atoms with Crippen molar-refractivity contribution in [1.29, 1.82) is 0 Å². The number of carbonyl (C=O) groups is 1. The average Bonchev–Trinajstić information content (AvgIpc) is 2.79. The molecule has 1 aliphatic heterocycles. The third-order valence-electron chi connectivity index (χ3n) is 3.66. The van der Waals surface area contributed by atoms with Gasteiger partial charge in [0.05, 0.1) is 24.2 Å². The summed E-state index contributed by atoms with van der Waals surface area (Å²) < 4.78 is 37.4. The van der Waals surface area contributed by atoms with Gasteiger partial charge in [-0.25, -0.2) is 5.01 Å². The van der Waals surface area contributed by atoms with Crippen LogP contribution in [0.3, 0.4) is 0 Å². The minimum absolute atomic E-state index is 0.106. The highest BCUT2D eigenvalue weighted by Crippen LogP contribution is 2.29. The number of hydrazone groups is 1. The van der Waals surface area contributed by atoms with Gasteiger partial charge in [-0.2, -0.15) is 18.3 Å². The van der Waals surface area contributed by atoms with E-state index in [9.17, 15) is 18.0 Å². The summed E-state index contributed by atoms with van der Waals surface area (Å²) in [5.41, 5.74) is 0.780. The van der Waals surface area contributed by atoms with Crippen LogP contribution in [0.25, 0.3) is 0 Å². The SMILES string of the molecule is CCC(C)C1=NN(Cc2ccc(C(F)(F)F)cc2)C(=O)C1. The van der Waals surface area contributed by atoms with Crippen LogP contribution in [-0.2, 0) is 17.5 Å². The smallest absolute Gasteiger partial charge is 0.273 e. The van der Waals surface area contributed by atoms with E-state index < -0.39 is 11.7 Å². The molecular formula is C15H17F3N2O. The molecule has 0 aliphatic carbocycles. The first-order valence-electron chi connectivity index (χ1n) is 6.85. The van der Waals surface area contributed by atoms with Crippen molar-refractivity contribution in [3.63, 3.8) is 0 Å². The van der Waals surface area contributed by atoms with Gasteiger partial charge in [0.25, 0.3) is 0 Å². The highest BCUT2D eigenvalue weighted by molar-refractivity contribution is 6.05. The second-order valence-electron chi connectivity index (χ2n) is 5.22. The molecule has 6 heteroatoms. The van der Waals surface area contributed by atoms with E-state index in [1.54, 1.807) is 0 Å². The van der Waals surface area contributed by atoms with Crippen LogP contribution in [-0.4, -0.2) is 16.6 Å². The number of amides is 1. The molecule has 1 unspecified atom stereocenters. The Morgan fingerprint density at radius 1 is 1.29 bits per heavy atom. The summed E-state index contributed by atoms with van der Waals surface area (Å²) in [5, 5.41) is 5.62. The Labute approximate surface area is 121 Å². The van der Waals surface area contributed by atoms with Gasteiger partial charge in [0.1, 0.15) is 0 Å². The molecule has 0 fully saturated rings. The summed E-state index contributed by atoms with van der Waals surface area (Å²) >= 11 is 0. The van der Waals surface area contributed by atoms with E-state index in [-0.39, 0.29) is 18.4 Å². The van der Waals surface area contributed by atoms with Gasteiger partial charge < -0.3 is 0 Å². The van der Waals surface area contributed by atoms with E-state index in [4.69, 9.17) is 0 Å². The van der Waals surface area contributed by atoms with Gasteiger partial charge in [-0.05, 0) is 30.0 Å². The Bertz CT molecular complexity index is 549. The number of hydrogen-bond donors (Lipinski definition) is 0. The van der Waals surface area contributed by atoms with Gasteiger partial charge in [-0.1, -0.05) is 26.0 Å². The molecule has 21 heavy (non-hydrogen) atoms. The predicted molar refractivity (Wildman–Crippen MR) is 73.5 cm³/mol. The van der Waals surface area contributed by atoms with E-state index >= 15 is 0 Å². The number of halogens is 3. The minimum Gasteiger partial charge on any atom is -0.273 e. The summed E-state index contributed by atoms with van der Waals surface area (Å²) in [7, 11) is 0. The number of alkyl halides is 3. The molecule has 2 rings (SSSR count). The molecule has 1 aromatic rings. The van der Waals surface area contributed by atoms with Crippen LogP contribution in [0.2, 0.25) is 0 Å². The second-order valence-corrected chi connectivity index (χ2v) is 5.22. The molecule has 1 atom stereocenters. The fourth-order valence-corrected chi connectivity index (χ4v) is 2.10. The first kappa shape index (κ1) is 15.5. The molecule has 0 saturated heterocycles. The van der Waals surface area contributed by atoms with Crippen molar-refractivity contribution in [3.05, 3.63) is 35.4 Å². The fourth-order valence-electron chi connectivity index (χ4n) is 2.10. The highest BCUT2D eigenvalue weighted by Gasteiger charge is 2.30. The topological polar surface area (TPSA) is 32.7 Å². The Morgan fingerprint density at radius 2 is 1.90 bits per heavy atom. The molecule has 0 radical (unpaired) electrons. The summed E-state index contributed by atoms with van der Waals surface area (Å²) in [6.07, 6.45) is -3.14. The maximum Gasteiger partial charge on any atom is 0.416 e. The zero-order valence-electron chi connectivity index (χ0n) is 11.9. The van der Waals surface area contributed by atoms with Crippen molar-refractivity contribution < 1.29 is 18.0 Å². The number of benzene rings is 1. The van der Waals surface area contributed by atoms with Crippen molar-refractivity contribution >= 4 is 11.6 Å². The summed E-state index contributed by atoms with van der Waals surface area (Å²) in [4.78, 5) is 11.9. The molecular weight excluding hydrogens is 281 g/mol. The van der Waals surface area contributed by atoms with Crippen LogP contribution >= 0.6 is 0 Å². The summed E-state index contributed by atoms with van der Waals surface area (Å²) in [6.45, 7) is 4.24. The maximum absolute atomic E-state index is 12.5. The molecule has 0 N–H and O–H groups in total. The monoisotopic (exact) mass is 298 g/mol. The van der Waals surface area contributed by atoms with Gasteiger partial charge in [-0.3, -0.25) is 4.79 Å². The number of carbonyl (C=O) groups excluding carboxylic acids is 1. The zero-order valence-corrected chi connectivity index (χ0v) is 11.9. The van der Waals surface area contributed by atoms with Gasteiger partial charge >= 0.3 is 6.18 Å². The first-order valence-corrected chi connectivity index (χ1v) is 6.85. The van der Waals surface area contributed by atoms with Crippen molar-refractivity contribution in [2.45, 2.75) is 39.4 Å². The van der Waals surface area contributed by atoms with Crippen LogP contribution in [0, 0.1) is 5.92 Å². The van der Waals surface area contributed by atoms with Crippen LogP contribution in [0.1, 0.15) is 37.8 Å². The standard InChI is InChI=1S/C15H17F3N2O/c1-3-10(2)13-8-14(21)20(19-13)9-11-4-6-12(7-5-11)15(16,17)18/h4-7,10H,3,8-9H2,1-2H3. The molecule has 0 bridgehead atoms. The van der Waals surface area contributed by atoms with Gasteiger partial charge in [0, 0.05) is 0 Å². The predicted octanol–water partition coefficient (Wildman–Crippen LogP) is 3.84. The quantitative estimate of drug-likeness (QED) is 0.831. The largest absolute Gasteiger partial charge is 0.416 e. The number of rotatable bonds is 4. The van der Waals surface area contributed by atoms with E-state index in [0.717, 1.165) is 24.3 Å². The third-order valence-corrected chi connectivity index (χ3v) is 3.66. The normalized spacial score (nSPS) is 17.1. The molecule has 1 aliphatic rings. The van der Waals surface area contributed by atoms with E-state index in [0.29, 0.717) is 12.0 Å². The van der Waals surface area contributed by atoms with Crippen molar-refractivity contribution in [1.82, 2.24) is 5.01 Å². The van der Waals surface area contributed by atoms with E-state index in [2.05, 4.69) is 5.10 Å². The Hall–Kier alpha value is -1.85. The second kappa shape index (κ2) is 5.87. The van der Waals surface area contributed by atoms with Crippen molar-refractivity contribution in [2.24, 2.45) is 11.0 Å². The van der Waals surface area contributed by atoms with Crippen LogP contribution in [0.5, 0.6) is 0 Å². The fraction of sp³-hybridized carbons (Fsp3) is 0.467. The highest BCUT2D eigenvalue weighted by atomic mass is 19.4. The third kappa shape index (κ3) is 3.62. The van der Waals surface area contributed by atoms with Crippen LogP contribution in [0.4, 0.5) is 13.2 Å². The maximum atomic E-state index is 12.5. The Balaban J connectivity index is 2.08. The first-order chi connectivity index (χ1) is 9.81. The Kier molecular flexibility index (Phi) is 4.34. The van der Waals surface area contributed by atoms with Gasteiger partial charge in [0.15, 0.2) is 0 Å². The molecule has 0 spiro atoms. The lowest BCUT2D eigenvalue weighted by atomic mass is 10.0. The zero-order chi connectivity index (χ0) is 15.6. The molecule has 114 valence electrons. The van der Waals surface area contributed by atoms with Crippen molar-refractivity contribution in [2.75, 3.05) is 0 Å². The van der Waals surface area contributed by atoms with Gasteiger partial charge in [-0.15, -0.1) is 0 Å². The summed E-state index contributed by atoms with van der Waals surface area (Å²) in [5.74, 6) is 0.136.